The van der Waals surface area contributed by atoms with Gasteiger partial charge in [-0.05, 0) is 44.4 Å². The van der Waals surface area contributed by atoms with Crippen molar-refractivity contribution in [1.29, 1.82) is 0 Å². The van der Waals surface area contributed by atoms with Gasteiger partial charge in [0.25, 0.3) is 5.91 Å². The first-order valence-corrected chi connectivity index (χ1v) is 7.27. The predicted octanol–water partition coefficient (Wildman–Crippen LogP) is 3.34. The van der Waals surface area contributed by atoms with Gasteiger partial charge in [-0.1, -0.05) is 23.2 Å². The van der Waals surface area contributed by atoms with Crippen molar-refractivity contribution in [2.45, 2.75) is 38.3 Å². The predicted molar refractivity (Wildman–Crippen MR) is 78.8 cm³/mol. The van der Waals surface area contributed by atoms with Gasteiger partial charge in [-0.15, -0.1) is 0 Å². The number of carbonyl (C=O) groups excluding carboxylic acids is 1. The quantitative estimate of drug-likeness (QED) is 0.910. The van der Waals surface area contributed by atoms with Crippen LogP contribution in [0.4, 0.5) is 0 Å². The summed E-state index contributed by atoms with van der Waals surface area (Å²) in [4.78, 5) is 14.4. The molecule has 2 unspecified atom stereocenters. The molecule has 0 saturated carbocycles. The van der Waals surface area contributed by atoms with Crippen molar-refractivity contribution in [3.63, 3.8) is 0 Å². The molecule has 0 bridgehead atoms. The van der Waals surface area contributed by atoms with Gasteiger partial charge in [0.1, 0.15) is 0 Å². The number of amides is 1. The molecule has 1 saturated heterocycles. The van der Waals surface area contributed by atoms with Crippen molar-refractivity contribution in [2.75, 3.05) is 6.54 Å². The average molecular weight is 301 g/mol. The van der Waals surface area contributed by atoms with Crippen molar-refractivity contribution in [2.24, 2.45) is 5.73 Å². The summed E-state index contributed by atoms with van der Waals surface area (Å²) in [6.07, 6.45) is 3.09. The highest BCUT2D eigenvalue weighted by molar-refractivity contribution is 6.35. The summed E-state index contributed by atoms with van der Waals surface area (Å²) in [6.45, 7) is 2.69. The highest BCUT2D eigenvalue weighted by Crippen LogP contribution is 2.24. The number of halogens is 2. The topological polar surface area (TPSA) is 46.3 Å². The summed E-state index contributed by atoms with van der Waals surface area (Å²) >= 11 is 11.9. The number of hydrogen-bond donors (Lipinski definition) is 1. The standard InChI is InChI=1S/C14H18Cl2N2O/c1-9(17)13-4-2-3-5-18(13)14(19)10-6-11(15)8-12(16)7-10/h6-9,13H,2-5,17H2,1H3. The Hall–Kier alpha value is -0.770. The lowest BCUT2D eigenvalue weighted by Crippen LogP contribution is -2.51. The van der Waals surface area contributed by atoms with Crippen molar-refractivity contribution in [3.8, 4) is 0 Å². The molecular weight excluding hydrogens is 283 g/mol. The maximum Gasteiger partial charge on any atom is 0.254 e. The minimum absolute atomic E-state index is 0.0288. The molecule has 104 valence electrons. The van der Waals surface area contributed by atoms with Crippen LogP contribution in [0.5, 0.6) is 0 Å². The Morgan fingerprint density at radius 1 is 1.32 bits per heavy atom. The number of carbonyl (C=O) groups is 1. The Kier molecular flexibility index (Phi) is 4.71. The van der Waals surface area contributed by atoms with Crippen LogP contribution in [-0.2, 0) is 0 Å². The molecule has 5 heteroatoms. The van der Waals surface area contributed by atoms with Gasteiger partial charge < -0.3 is 10.6 Å². The minimum atomic E-state index is -0.0357. The number of rotatable bonds is 2. The van der Waals surface area contributed by atoms with Crippen LogP contribution in [0.1, 0.15) is 36.5 Å². The van der Waals surface area contributed by atoms with E-state index in [1.54, 1.807) is 18.2 Å². The molecule has 2 N–H and O–H groups in total. The van der Waals surface area contributed by atoms with E-state index < -0.39 is 0 Å². The van der Waals surface area contributed by atoms with Crippen LogP contribution in [0.25, 0.3) is 0 Å². The van der Waals surface area contributed by atoms with Crippen molar-refractivity contribution < 1.29 is 4.79 Å². The van der Waals surface area contributed by atoms with Crippen LogP contribution < -0.4 is 5.73 Å². The molecule has 1 aliphatic heterocycles. The van der Waals surface area contributed by atoms with Gasteiger partial charge in [-0.2, -0.15) is 0 Å². The summed E-state index contributed by atoms with van der Waals surface area (Å²) in [7, 11) is 0. The largest absolute Gasteiger partial charge is 0.334 e. The van der Waals surface area contributed by atoms with Crippen LogP contribution in [0.2, 0.25) is 10.0 Å². The molecule has 2 atom stereocenters. The van der Waals surface area contributed by atoms with E-state index in [1.165, 1.54) is 0 Å². The highest BCUT2D eigenvalue weighted by atomic mass is 35.5. The van der Waals surface area contributed by atoms with E-state index in [0.717, 1.165) is 25.8 Å². The van der Waals surface area contributed by atoms with Crippen LogP contribution in [-0.4, -0.2) is 29.4 Å². The third kappa shape index (κ3) is 3.41. The maximum atomic E-state index is 12.6. The van der Waals surface area contributed by atoms with Gasteiger partial charge in [-0.3, -0.25) is 4.79 Å². The molecule has 1 aromatic rings. The Morgan fingerprint density at radius 3 is 2.53 bits per heavy atom. The van der Waals surface area contributed by atoms with Crippen LogP contribution in [0, 0.1) is 0 Å². The Bertz CT molecular complexity index is 456. The zero-order chi connectivity index (χ0) is 14.0. The number of likely N-dealkylation sites (tertiary alicyclic amines) is 1. The summed E-state index contributed by atoms with van der Waals surface area (Å²) in [5, 5.41) is 0.954. The second-order valence-corrected chi connectivity index (χ2v) is 5.95. The molecule has 19 heavy (non-hydrogen) atoms. The molecule has 1 amide bonds. The summed E-state index contributed by atoms with van der Waals surface area (Å²) < 4.78 is 0. The van der Waals surface area contributed by atoms with Gasteiger partial charge in [0.15, 0.2) is 0 Å². The average Bonchev–Trinajstić information content (AvgIpc) is 2.36. The molecule has 0 spiro atoms. The molecule has 1 heterocycles. The van der Waals surface area contributed by atoms with E-state index in [0.29, 0.717) is 15.6 Å². The van der Waals surface area contributed by atoms with Crippen molar-refractivity contribution >= 4 is 29.1 Å². The summed E-state index contributed by atoms with van der Waals surface area (Å²) in [5.41, 5.74) is 6.52. The fourth-order valence-corrected chi connectivity index (χ4v) is 3.13. The molecule has 0 aromatic heterocycles. The Labute approximate surface area is 123 Å². The zero-order valence-electron chi connectivity index (χ0n) is 10.9. The van der Waals surface area contributed by atoms with Crippen LogP contribution >= 0.6 is 23.2 Å². The smallest absolute Gasteiger partial charge is 0.254 e. The monoisotopic (exact) mass is 300 g/mol. The van der Waals surface area contributed by atoms with E-state index in [4.69, 9.17) is 28.9 Å². The lowest BCUT2D eigenvalue weighted by molar-refractivity contribution is 0.0584. The molecule has 1 fully saturated rings. The lowest BCUT2D eigenvalue weighted by atomic mass is 9.96. The first-order chi connectivity index (χ1) is 8.99. The fourth-order valence-electron chi connectivity index (χ4n) is 2.60. The molecule has 1 aliphatic rings. The molecular formula is C14H18Cl2N2O. The van der Waals surface area contributed by atoms with E-state index in [1.807, 2.05) is 11.8 Å². The van der Waals surface area contributed by atoms with Gasteiger partial charge in [0.2, 0.25) is 0 Å². The highest BCUT2D eigenvalue weighted by Gasteiger charge is 2.29. The molecule has 0 radical (unpaired) electrons. The van der Waals surface area contributed by atoms with E-state index in [9.17, 15) is 4.79 Å². The van der Waals surface area contributed by atoms with Crippen LogP contribution in [0.15, 0.2) is 18.2 Å². The number of hydrogen-bond acceptors (Lipinski definition) is 2. The normalized spacial score (nSPS) is 21.3. The van der Waals surface area contributed by atoms with Gasteiger partial charge in [0.05, 0.1) is 0 Å². The van der Waals surface area contributed by atoms with Gasteiger partial charge >= 0.3 is 0 Å². The molecule has 3 nitrogen and oxygen atoms in total. The van der Waals surface area contributed by atoms with Crippen LogP contribution in [0.3, 0.4) is 0 Å². The van der Waals surface area contributed by atoms with Gasteiger partial charge in [0, 0.05) is 34.2 Å². The molecule has 0 aliphatic carbocycles. The summed E-state index contributed by atoms with van der Waals surface area (Å²) in [6, 6.07) is 5.00. The van der Waals surface area contributed by atoms with E-state index >= 15 is 0 Å². The van der Waals surface area contributed by atoms with E-state index in [2.05, 4.69) is 0 Å². The Balaban J connectivity index is 2.26. The molecule has 2 rings (SSSR count). The maximum absolute atomic E-state index is 12.6. The fraction of sp³-hybridized carbons (Fsp3) is 0.500. The number of piperidine rings is 1. The number of benzene rings is 1. The first kappa shape index (κ1) is 14.6. The number of nitrogens with zero attached hydrogens (tertiary/aromatic N) is 1. The SMILES string of the molecule is CC(N)C1CCCCN1C(=O)c1cc(Cl)cc(Cl)c1. The first-order valence-electron chi connectivity index (χ1n) is 6.51. The van der Waals surface area contributed by atoms with Crippen molar-refractivity contribution in [3.05, 3.63) is 33.8 Å². The minimum Gasteiger partial charge on any atom is -0.334 e. The Morgan fingerprint density at radius 2 is 1.95 bits per heavy atom. The second-order valence-electron chi connectivity index (χ2n) is 5.08. The third-order valence-electron chi connectivity index (χ3n) is 3.53. The zero-order valence-corrected chi connectivity index (χ0v) is 12.4. The van der Waals surface area contributed by atoms with E-state index in [-0.39, 0.29) is 18.0 Å². The number of nitrogens with two attached hydrogens (primary N) is 1. The second kappa shape index (κ2) is 6.12. The van der Waals surface area contributed by atoms with Gasteiger partial charge in [-0.25, -0.2) is 0 Å². The van der Waals surface area contributed by atoms with Crippen molar-refractivity contribution in [1.82, 2.24) is 4.90 Å². The lowest BCUT2D eigenvalue weighted by Gasteiger charge is -2.38. The summed E-state index contributed by atoms with van der Waals surface area (Å²) in [5.74, 6) is -0.0357. The third-order valence-corrected chi connectivity index (χ3v) is 3.96. The molecule has 1 aromatic carbocycles.